The summed E-state index contributed by atoms with van der Waals surface area (Å²) in [4.78, 5) is 4.26. The van der Waals surface area contributed by atoms with Crippen molar-refractivity contribution in [2.45, 2.75) is 26.3 Å². The molecule has 2 rings (SSSR count). The Bertz CT molecular complexity index is 450. The molecule has 2 N–H and O–H groups in total. The van der Waals surface area contributed by atoms with Crippen molar-refractivity contribution in [1.82, 2.24) is 15.2 Å². The van der Waals surface area contributed by atoms with Gasteiger partial charge in [0.15, 0.2) is 0 Å². The second-order valence-electron chi connectivity index (χ2n) is 3.21. The largest absolute Gasteiger partial charge is 0.418 e. The SMILES string of the molecule is CCC(N)c1nnc(-c2csc(C)n2)o1. The van der Waals surface area contributed by atoms with E-state index < -0.39 is 0 Å². The highest BCUT2D eigenvalue weighted by Gasteiger charge is 2.15. The number of nitrogens with two attached hydrogens (primary N) is 1. The third-order valence-corrected chi connectivity index (χ3v) is 2.81. The molecule has 0 radical (unpaired) electrons. The van der Waals surface area contributed by atoms with Crippen molar-refractivity contribution >= 4 is 11.3 Å². The highest BCUT2D eigenvalue weighted by Crippen LogP contribution is 2.22. The monoisotopic (exact) mass is 224 g/mol. The highest BCUT2D eigenvalue weighted by atomic mass is 32.1. The third kappa shape index (κ3) is 2.05. The summed E-state index contributed by atoms with van der Waals surface area (Å²) in [7, 11) is 0. The van der Waals surface area contributed by atoms with Crippen LogP contribution in [0.4, 0.5) is 0 Å². The van der Waals surface area contributed by atoms with E-state index in [-0.39, 0.29) is 6.04 Å². The smallest absolute Gasteiger partial charge is 0.267 e. The number of rotatable bonds is 3. The lowest BCUT2D eigenvalue weighted by molar-refractivity contribution is 0.452. The van der Waals surface area contributed by atoms with Gasteiger partial charge in [0, 0.05) is 5.38 Å². The van der Waals surface area contributed by atoms with Crippen molar-refractivity contribution in [2.24, 2.45) is 5.73 Å². The first-order valence-electron chi connectivity index (χ1n) is 4.72. The fraction of sp³-hybridized carbons (Fsp3) is 0.444. The first-order valence-corrected chi connectivity index (χ1v) is 5.60. The van der Waals surface area contributed by atoms with Crippen LogP contribution in [0.3, 0.4) is 0 Å². The summed E-state index contributed by atoms with van der Waals surface area (Å²) in [6.07, 6.45) is 0.776. The number of hydrogen-bond acceptors (Lipinski definition) is 6. The number of aryl methyl sites for hydroxylation is 1. The Hall–Kier alpha value is -1.27. The summed E-state index contributed by atoms with van der Waals surface area (Å²) in [5.41, 5.74) is 6.50. The lowest BCUT2D eigenvalue weighted by Crippen LogP contribution is -2.08. The second kappa shape index (κ2) is 4.08. The van der Waals surface area contributed by atoms with E-state index in [1.165, 1.54) is 0 Å². The maximum Gasteiger partial charge on any atom is 0.267 e. The molecule has 6 heteroatoms. The van der Waals surface area contributed by atoms with Gasteiger partial charge < -0.3 is 10.2 Å². The molecule has 0 aliphatic carbocycles. The van der Waals surface area contributed by atoms with Crippen LogP contribution in [0.15, 0.2) is 9.80 Å². The lowest BCUT2D eigenvalue weighted by atomic mass is 10.2. The predicted molar refractivity (Wildman–Crippen MR) is 57.4 cm³/mol. The van der Waals surface area contributed by atoms with Crippen LogP contribution in [0.5, 0.6) is 0 Å². The van der Waals surface area contributed by atoms with E-state index in [1.807, 2.05) is 19.2 Å². The molecular formula is C9H12N4OS. The van der Waals surface area contributed by atoms with Crippen LogP contribution < -0.4 is 5.73 Å². The molecule has 0 aliphatic rings. The molecular weight excluding hydrogens is 212 g/mol. The number of hydrogen-bond donors (Lipinski definition) is 1. The third-order valence-electron chi connectivity index (χ3n) is 2.04. The zero-order valence-electron chi connectivity index (χ0n) is 8.60. The fourth-order valence-electron chi connectivity index (χ4n) is 1.12. The minimum atomic E-state index is -0.189. The summed E-state index contributed by atoms with van der Waals surface area (Å²) in [5, 5.41) is 10.7. The average molecular weight is 224 g/mol. The van der Waals surface area contributed by atoms with Gasteiger partial charge in [0.25, 0.3) is 5.89 Å². The van der Waals surface area contributed by atoms with Crippen molar-refractivity contribution in [2.75, 3.05) is 0 Å². The molecule has 0 spiro atoms. The van der Waals surface area contributed by atoms with Gasteiger partial charge in [0.2, 0.25) is 5.89 Å². The zero-order valence-corrected chi connectivity index (χ0v) is 9.41. The number of nitrogens with zero attached hydrogens (tertiary/aromatic N) is 3. The highest BCUT2D eigenvalue weighted by molar-refractivity contribution is 7.09. The van der Waals surface area contributed by atoms with E-state index in [0.717, 1.165) is 17.1 Å². The minimum absolute atomic E-state index is 0.189. The molecule has 0 saturated carbocycles. The van der Waals surface area contributed by atoms with Crippen molar-refractivity contribution in [3.8, 4) is 11.6 Å². The van der Waals surface area contributed by atoms with Gasteiger partial charge in [0.05, 0.1) is 11.0 Å². The molecule has 80 valence electrons. The molecule has 15 heavy (non-hydrogen) atoms. The van der Waals surface area contributed by atoms with Crippen LogP contribution in [0, 0.1) is 6.92 Å². The molecule has 2 heterocycles. The van der Waals surface area contributed by atoms with Gasteiger partial charge in [-0.1, -0.05) is 6.92 Å². The molecule has 5 nitrogen and oxygen atoms in total. The van der Waals surface area contributed by atoms with Crippen LogP contribution in [-0.4, -0.2) is 15.2 Å². The van der Waals surface area contributed by atoms with E-state index in [4.69, 9.17) is 10.2 Å². The van der Waals surface area contributed by atoms with Crippen LogP contribution in [0.2, 0.25) is 0 Å². The van der Waals surface area contributed by atoms with Gasteiger partial charge in [-0.15, -0.1) is 21.5 Å². The molecule has 0 bridgehead atoms. The van der Waals surface area contributed by atoms with Crippen molar-refractivity contribution in [1.29, 1.82) is 0 Å². The van der Waals surface area contributed by atoms with Crippen LogP contribution >= 0.6 is 11.3 Å². The van der Waals surface area contributed by atoms with Gasteiger partial charge in [0.1, 0.15) is 5.69 Å². The predicted octanol–water partition coefficient (Wildman–Crippen LogP) is 1.91. The van der Waals surface area contributed by atoms with Gasteiger partial charge in [-0.3, -0.25) is 0 Å². The van der Waals surface area contributed by atoms with Crippen LogP contribution in [-0.2, 0) is 0 Å². The Morgan fingerprint density at radius 1 is 1.53 bits per heavy atom. The molecule has 0 fully saturated rings. The van der Waals surface area contributed by atoms with Gasteiger partial charge >= 0.3 is 0 Å². The second-order valence-corrected chi connectivity index (χ2v) is 4.27. The summed E-state index contributed by atoms with van der Waals surface area (Å²) < 4.78 is 5.43. The molecule has 0 amide bonds. The Morgan fingerprint density at radius 3 is 2.93 bits per heavy atom. The normalized spacial score (nSPS) is 13.0. The summed E-state index contributed by atoms with van der Waals surface area (Å²) >= 11 is 1.55. The average Bonchev–Trinajstić information content (AvgIpc) is 2.84. The quantitative estimate of drug-likeness (QED) is 0.861. The summed E-state index contributed by atoms with van der Waals surface area (Å²) in [6.45, 7) is 3.91. The van der Waals surface area contributed by atoms with Crippen LogP contribution in [0.25, 0.3) is 11.6 Å². The minimum Gasteiger partial charge on any atom is -0.418 e. The molecule has 2 aromatic heterocycles. The van der Waals surface area contributed by atoms with Gasteiger partial charge in [-0.05, 0) is 13.3 Å². The topological polar surface area (TPSA) is 77.8 Å². The van der Waals surface area contributed by atoms with E-state index >= 15 is 0 Å². The summed E-state index contributed by atoms with van der Waals surface area (Å²) in [5.74, 6) is 0.913. The van der Waals surface area contributed by atoms with E-state index in [2.05, 4.69) is 15.2 Å². The van der Waals surface area contributed by atoms with E-state index in [0.29, 0.717) is 11.8 Å². The van der Waals surface area contributed by atoms with Crippen molar-refractivity contribution < 1.29 is 4.42 Å². The molecule has 0 aliphatic heterocycles. The molecule has 1 unspecified atom stereocenters. The molecule has 2 aromatic rings. The number of aromatic nitrogens is 3. The number of thiazole rings is 1. The first-order chi connectivity index (χ1) is 7.20. The van der Waals surface area contributed by atoms with Crippen molar-refractivity contribution in [3.63, 3.8) is 0 Å². The molecule has 0 aromatic carbocycles. The Morgan fingerprint density at radius 2 is 2.33 bits per heavy atom. The standard InChI is InChI=1S/C9H12N4OS/c1-3-6(10)8-12-13-9(14-8)7-4-15-5(2)11-7/h4,6H,3,10H2,1-2H3. The van der Waals surface area contributed by atoms with Gasteiger partial charge in [-0.25, -0.2) is 4.98 Å². The maximum absolute atomic E-state index is 5.78. The molecule has 1 atom stereocenters. The van der Waals surface area contributed by atoms with E-state index in [1.54, 1.807) is 11.3 Å². The fourth-order valence-corrected chi connectivity index (χ4v) is 1.71. The zero-order chi connectivity index (χ0) is 10.8. The maximum atomic E-state index is 5.78. The van der Waals surface area contributed by atoms with Crippen molar-refractivity contribution in [3.05, 3.63) is 16.3 Å². The van der Waals surface area contributed by atoms with Gasteiger partial charge in [-0.2, -0.15) is 0 Å². The Kier molecular flexibility index (Phi) is 2.79. The first kappa shape index (κ1) is 10.3. The van der Waals surface area contributed by atoms with E-state index in [9.17, 15) is 0 Å². The Balaban J connectivity index is 2.27. The molecule has 0 saturated heterocycles. The summed E-state index contributed by atoms with van der Waals surface area (Å²) in [6, 6.07) is -0.189. The lowest BCUT2D eigenvalue weighted by Gasteiger charge is -1.99. The Labute approximate surface area is 91.4 Å². The van der Waals surface area contributed by atoms with Crippen LogP contribution in [0.1, 0.15) is 30.3 Å².